The molecule has 152 valence electrons. The molecule has 0 radical (unpaired) electrons. The molecular formula is C21H18F3NO4. The Kier molecular flexibility index (Phi) is 3.88. The van der Waals surface area contributed by atoms with Crippen molar-refractivity contribution in [2.24, 2.45) is 0 Å². The van der Waals surface area contributed by atoms with Gasteiger partial charge in [0, 0.05) is 23.4 Å². The van der Waals surface area contributed by atoms with Crippen molar-refractivity contribution >= 4 is 11.8 Å². The molecule has 29 heavy (non-hydrogen) atoms. The average molecular weight is 405 g/mol. The molecule has 0 N–H and O–H groups in total. The number of alkyl halides is 3. The Bertz CT molecular complexity index is 1030. The van der Waals surface area contributed by atoms with Gasteiger partial charge in [-0.2, -0.15) is 13.2 Å². The average Bonchev–Trinajstić information content (AvgIpc) is 3.16. The molecule has 0 fully saturated rings. The Balaban J connectivity index is 1.75. The van der Waals surface area contributed by atoms with E-state index in [0.29, 0.717) is 29.2 Å². The highest BCUT2D eigenvalue weighted by atomic mass is 19.4. The molecule has 0 aromatic heterocycles. The summed E-state index contributed by atoms with van der Waals surface area (Å²) in [5, 5.41) is 0. The molecule has 2 aromatic carbocycles. The molecule has 0 bridgehead atoms. The standard InChI is InChI=1S/C21H18F3NO4/c1-26-15-4-3-12-7-14-13-9-17-16(28-10-29-17)8-11(13)5-6-25(14)20(21(22,23)24)18(12)19(15)27-2/h3-4,7-9,20H,5-6,10H2,1-2H3. The van der Waals surface area contributed by atoms with Crippen molar-refractivity contribution in [3.8, 4) is 23.0 Å². The monoisotopic (exact) mass is 405 g/mol. The lowest BCUT2D eigenvalue weighted by Gasteiger charge is -2.43. The Labute approximate surface area is 165 Å². The van der Waals surface area contributed by atoms with E-state index < -0.39 is 12.2 Å². The minimum Gasteiger partial charge on any atom is -0.493 e. The van der Waals surface area contributed by atoms with Crippen LogP contribution in [0.15, 0.2) is 24.3 Å². The zero-order chi connectivity index (χ0) is 20.3. The second-order valence-corrected chi connectivity index (χ2v) is 7.08. The summed E-state index contributed by atoms with van der Waals surface area (Å²) >= 11 is 0. The molecule has 3 heterocycles. The quantitative estimate of drug-likeness (QED) is 0.741. The van der Waals surface area contributed by atoms with Crippen molar-refractivity contribution in [2.45, 2.75) is 18.6 Å². The number of methoxy groups -OCH3 is 2. The smallest absolute Gasteiger partial charge is 0.413 e. The van der Waals surface area contributed by atoms with Crippen LogP contribution in [0.25, 0.3) is 11.8 Å². The lowest BCUT2D eigenvalue weighted by Crippen LogP contribution is -2.42. The van der Waals surface area contributed by atoms with Crippen LogP contribution in [-0.4, -0.2) is 38.6 Å². The fourth-order valence-electron chi connectivity index (χ4n) is 4.39. The third kappa shape index (κ3) is 2.62. The van der Waals surface area contributed by atoms with E-state index in [4.69, 9.17) is 18.9 Å². The predicted molar refractivity (Wildman–Crippen MR) is 99.2 cm³/mol. The number of hydrogen-bond donors (Lipinski definition) is 0. The zero-order valence-electron chi connectivity index (χ0n) is 15.8. The van der Waals surface area contributed by atoms with Gasteiger partial charge in [0.05, 0.1) is 14.2 Å². The second kappa shape index (κ2) is 6.23. The van der Waals surface area contributed by atoms with Crippen LogP contribution in [0.2, 0.25) is 0 Å². The maximum Gasteiger partial charge on any atom is 0.413 e. The summed E-state index contributed by atoms with van der Waals surface area (Å²) < 4.78 is 64.5. The van der Waals surface area contributed by atoms with Crippen molar-refractivity contribution in [2.75, 3.05) is 27.6 Å². The van der Waals surface area contributed by atoms with E-state index in [2.05, 4.69) is 0 Å². The number of hydrogen-bond acceptors (Lipinski definition) is 5. The highest BCUT2D eigenvalue weighted by molar-refractivity contribution is 5.88. The molecule has 5 rings (SSSR count). The first-order valence-electron chi connectivity index (χ1n) is 9.15. The van der Waals surface area contributed by atoms with E-state index in [9.17, 15) is 13.2 Å². The molecule has 5 nitrogen and oxygen atoms in total. The Hall–Kier alpha value is -3.03. The molecule has 3 aliphatic heterocycles. The van der Waals surface area contributed by atoms with Crippen LogP contribution in [0.4, 0.5) is 13.2 Å². The number of ether oxygens (including phenoxy) is 4. The Morgan fingerprint density at radius 3 is 2.52 bits per heavy atom. The molecule has 1 unspecified atom stereocenters. The first-order chi connectivity index (χ1) is 13.9. The van der Waals surface area contributed by atoms with Crippen molar-refractivity contribution in [1.29, 1.82) is 0 Å². The number of halogens is 3. The van der Waals surface area contributed by atoms with Crippen LogP contribution in [-0.2, 0) is 6.42 Å². The van der Waals surface area contributed by atoms with Gasteiger partial charge in [-0.15, -0.1) is 0 Å². The number of benzene rings is 2. The second-order valence-electron chi connectivity index (χ2n) is 7.08. The third-order valence-electron chi connectivity index (χ3n) is 5.61. The molecule has 0 saturated carbocycles. The van der Waals surface area contributed by atoms with Crippen molar-refractivity contribution < 1.29 is 32.1 Å². The van der Waals surface area contributed by atoms with Gasteiger partial charge in [-0.1, -0.05) is 6.07 Å². The van der Waals surface area contributed by atoms with Crippen LogP contribution in [0, 0.1) is 0 Å². The number of rotatable bonds is 2. The largest absolute Gasteiger partial charge is 0.493 e. The van der Waals surface area contributed by atoms with Crippen LogP contribution < -0.4 is 18.9 Å². The van der Waals surface area contributed by atoms with Crippen molar-refractivity contribution in [3.05, 3.63) is 46.5 Å². The van der Waals surface area contributed by atoms with Gasteiger partial charge in [0.2, 0.25) is 6.79 Å². The molecular weight excluding hydrogens is 387 g/mol. The van der Waals surface area contributed by atoms with Crippen LogP contribution in [0.5, 0.6) is 23.0 Å². The minimum atomic E-state index is -4.50. The molecule has 0 aliphatic carbocycles. The highest BCUT2D eigenvalue weighted by Gasteiger charge is 2.51. The maximum atomic E-state index is 14.3. The summed E-state index contributed by atoms with van der Waals surface area (Å²) in [4.78, 5) is 1.40. The lowest BCUT2D eigenvalue weighted by molar-refractivity contribution is -0.178. The van der Waals surface area contributed by atoms with Gasteiger partial charge >= 0.3 is 6.18 Å². The normalized spacial score (nSPS) is 19.1. The van der Waals surface area contributed by atoms with E-state index in [1.54, 1.807) is 24.3 Å². The lowest BCUT2D eigenvalue weighted by atomic mass is 9.85. The molecule has 1 atom stereocenters. The first kappa shape index (κ1) is 18.0. The zero-order valence-corrected chi connectivity index (χ0v) is 15.8. The number of fused-ring (bicyclic) bond motifs is 5. The summed E-state index contributed by atoms with van der Waals surface area (Å²) in [5.41, 5.74) is 2.73. The highest BCUT2D eigenvalue weighted by Crippen LogP contribution is 2.54. The fraction of sp³-hybridized carbons (Fsp3) is 0.333. The van der Waals surface area contributed by atoms with Gasteiger partial charge in [-0.3, -0.25) is 0 Å². The molecule has 0 saturated heterocycles. The Morgan fingerprint density at radius 1 is 1.07 bits per heavy atom. The summed E-state index contributed by atoms with van der Waals surface area (Å²) in [6, 6.07) is 5.07. The molecule has 2 aromatic rings. The van der Waals surface area contributed by atoms with Gasteiger partial charge in [-0.05, 0) is 41.8 Å². The SMILES string of the molecule is COc1ccc2c(c1OC)C(C(F)(F)F)N1CCc3cc4c(cc3C1=C2)OCO4. The topological polar surface area (TPSA) is 40.2 Å². The summed E-state index contributed by atoms with van der Waals surface area (Å²) in [6.45, 7) is 0.342. The minimum absolute atomic E-state index is 0.0762. The molecule has 0 amide bonds. The summed E-state index contributed by atoms with van der Waals surface area (Å²) in [5.74, 6) is 1.57. The van der Waals surface area contributed by atoms with Gasteiger partial charge in [-0.25, -0.2) is 0 Å². The first-order valence-corrected chi connectivity index (χ1v) is 9.15. The van der Waals surface area contributed by atoms with Gasteiger partial charge in [0.15, 0.2) is 29.0 Å². The summed E-state index contributed by atoms with van der Waals surface area (Å²) in [7, 11) is 2.77. The van der Waals surface area contributed by atoms with E-state index >= 15 is 0 Å². The fourth-order valence-corrected chi connectivity index (χ4v) is 4.39. The van der Waals surface area contributed by atoms with Crippen LogP contribution in [0.3, 0.4) is 0 Å². The molecule has 8 heteroatoms. The third-order valence-corrected chi connectivity index (χ3v) is 5.61. The molecule has 0 spiro atoms. The predicted octanol–water partition coefficient (Wildman–Crippen LogP) is 4.41. The summed E-state index contributed by atoms with van der Waals surface area (Å²) in [6.07, 6.45) is -2.25. The Morgan fingerprint density at radius 2 is 1.83 bits per heavy atom. The van der Waals surface area contributed by atoms with Gasteiger partial charge in [0.1, 0.15) is 0 Å². The van der Waals surface area contributed by atoms with Crippen molar-refractivity contribution in [1.82, 2.24) is 4.90 Å². The van der Waals surface area contributed by atoms with E-state index in [-0.39, 0.29) is 30.4 Å². The van der Waals surface area contributed by atoms with E-state index in [1.807, 2.05) is 6.07 Å². The van der Waals surface area contributed by atoms with E-state index in [1.165, 1.54) is 19.1 Å². The van der Waals surface area contributed by atoms with Crippen LogP contribution in [0.1, 0.15) is 28.3 Å². The van der Waals surface area contributed by atoms with Gasteiger partial charge in [0.25, 0.3) is 0 Å². The number of nitrogens with zero attached hydrogens (tertiary/aromatic N) is 1. The van der Waals surface area contributed by atoms with E-state index in [0.717, 1.165) is 11.1 Å². The van der Waals surface area contributed by atoms with Gasteiger partial charge < -0.3 is 23.8 Å². The molecule has 3 aliphatic rings. The maximum absolute atomic E-state index is 14.3. The van der Waals surface area contributed by atoms with Crippen LogP contribution >= 0.6 is 0 Å². The van der Waals surface area contributed by atoms with Crippen molar-refractivity contribution in [3.63, 3.8) is 0 Å².